The van der Waals surface area contributed by atoms with Gasteiger partial charge in [0.2, 0.25) is 0 Å². The summed E-state index contributed by atoms with van der Waals surface area (Å²) in [5.41, 5.74) is 1.29. The number of Topliss-reactive ketones (excluding diaryl/α,β-unsaturated/α-hetero) is 1. The maximum Gasteiger partial charge on any atom is 0.132 e. The number of carbonyl (C=O) groups is 1. The lowest BCUT2D eigenvalue weighted by Gasteiger charge is -2.19. The van der Waals surface area contributed by atoms with Gasteiger partial charge in [-0.1, -0.05) is 0 Å². The Morgan fingerprint density at radius 3 is 2.67 bits per heavy atom. The Kier molecular flexibility index (Phi) is 1.98. The summed E-state index contributed by atoms with van der Waals surface area (Å²) in [6, 6.07) is 4.13. The first kappa shape index (κ1) is 7.59. The highest BCUT2D eigenvalue weighted by atomic mass is 16.1. The van der Waals surface area contributed by atoms with Crippen molar-refractivity contribution >= 4 is 5.78 Å². The van der Waals surface area contributed by atoms with E-state index in [1.807, 2.05) is 12.3 Å². The SMILES string of the molecule is O=C1CCC(c2ccc[nH]2)CC1. The van der Waals surface area contributed by atoms with Crippen molar-refractivity contribution in [1.29, 1.82) is 0 Å². The minimum absolute atomic E-state index is 0.429. The molecule has 0 atom stereocenters. The van der Waals surface area contributed by atoms with E-state index in [1.165, 1.54) is 5.69 Å². The molecule has 0 aliphatic heterocycles. The van der Waals surface area contributed by atoms with Crippen molar-refractivity contribution in [1.82, 2.24) is 4.98 Å². The summed E-state index contributed by atoms with van der Waals surface area (Å²) < 4.78 is 0. The predicted molar refractivity (Wildman–Crippen MR) is 47.0 cm³/mol. The van der Waals surface area contributed by atoms with Crippen LogP contribution in [0, 0.1) is 0 Å². The van der Waals surface area contributed by atoms with Gasteiger partial charge in [0.15, 0.2) is 0 Å². The van der Waals surface area contributed by atoms with Gasteiger partial charge in [-0.2, -0.15) is 0 Å². The molecule has 1 aliphatic rings. The van der Waals surface area contributed by atoms with E-state index in [4.69, 9.17) is 0 Å². The number of H-pyrrole nitrogens is 1. The van der Waals surface area contributed by atoms with E-state index in [-0.39, 0.29) is 0 Å². The molecule has 2 nitrogen and oxygen atoms in total. The zero-order valence-corrected chi connectivity index (χ0v) is 7.05. The van der Waals surface area contributed by atoms with Crippen molar-refractivity contribution in [2.45, 2.75) is 31.6 Å². The standard InChI is InChI=1S/C10H13NO/c12-9-5-3-8(4-6-9)10-2-1-7-11-10/h1-2,7-8,11H,3-6H2. The lowest BCUT2D eigenvalue weighted by molar-refractivity contribution is -0.120. The second-order valence-electron chi connectivity index (χ2n) is 3.44. The molecule has 12 heavy (non-hydrogen) atoms. The van der Waals surface area contributed by atoms with Gasteiger partial charge >= 0.3 is 0 Å². The fourth-order valence-corrected chi connectivity index (χ4v) is 1.85. The Hall–Kier alpha value is -1.05. The van der Waals surface area contributed by atoms with Gasteiger partial charge in [0.05, 0.1) is 0 Å². The highest BCUT2D eigenvalue weighted by molar-refractivity contribution is 5.79. The molecule has 0 unspecified atom stereocenters. The van der Waals surface area contributed by atoms with Crippen LogP contribution in [0.25, 0.3) is 0 Å². The first-order valence-corrected chi connectivity index (χ1v) is 4.51. The topological polar surface area (TPSA) is 32.9 Å². The fraction of sp³-hybridized carbons (Fsp3) is 0.500. The van der Waals surface area contributed by atoms with Gasteiger partial charge in [-0.3, -0.25) is 4.79 Å². The van der Waals surface area contributed by atoms with E-state index in [0.29, 0.717) is 11.7 Å². The van der Waals surface area contributed by atoms with Crippen LogP contribution in [-0.4, -0.2) is 10.8 Å². The predicted octanol–water partition coefficient (Wildman–Crippen LogP) is 2.24. The normalized spacial score (nSPS) is 19.8. The number of hydrogen-bond donors (Lipinski definition) is 1. The van der Waals surface area contributed by atoms with E-state index in [1.54, 1.807) is 0 Å². The molecule has 0 amide bonds. The molecule has 0 spiro atoms. The zero-order chi connectivity index (χ0) is 8.39. The molecule has 1 aromatic rings. The molecule has 1 N–H and O–H groups in total. The molecule has 2 rings (SSSR count). The Balaban J connectivity index is 2.03. The average Bonchev–Trinajstić information content (AvgIpc) is 2.58. The number of aromatic amines is 1. The van der Waals surface area contributed by atoms with Crippen molar-refractivity contribution in [3.63, 3.8) is 0 Å². The summed E-state index contributed by atoms with van der Waals surface area (Å²) in [6.07, 6.45) is 5.54. The minimum Gasteiger partial charge on any atom is -0.365 e. The van der Waals surface area contributed by atoms with Crippen LogP contribution in [0.1, 0.15) is 37.3 Å². The molecule has 1 aromatic heterocycles. The number of hydrogen-bond acceptors (Lipinski definition) is 1. The number of aromatic nitrogens is 1. The molecular formula is C10H13NO. The third-order valence-electron chi connectivity index (χ3n) is 2.61. The lowest BCUT2D eigenvalue weighted by atomic mass is 9.86. The van der Waals surface area contributed by atoms with E-state index >= 15 is 0 Å². The van der Waals surface area contributed by atoms with Crippen molar-refractivity contribution in [2.75, 3.05) is 0 Å². The van der Waals surface area contributed by atoms with Crippen LogP contribution in [0.2, 0.25) is 0 Å². The maximum atomic E-state index is 11.0. The van der Waals surface area contributed by atoms with Gasteiger partial charge in [-0.05, 0) is 30.9 Å². The summed E-state index contributed by atoms with van der Waals surface area (Å²) in [5, 5.41) is 0. The van der Waals surface area contributed by atoms with Crippen LogP contribution in [-0.2, 0) is 4.79 Å². The molecule has 1 heterocycles. The molecule has 0 aromatic carbocycles. The number of rotatable bonds is 1. The first-order valence-electron chi connectivity index (χ1n) is 4.51. The summed E-state index contributed by atoms with van der Waals surface area (Å²) in [6.45, 7) is 0. The molecule has 1 fully saturated rings. The molecule has 1 aliphatic carbocycles. The van der Waals surface area contributed by atoms with E-state index in [9.17, 15) is 4.79 Å². The largest absolute Gasteiger partial charge is 0.365 e. The molecular weight excluding hydrogens is 150 g/mol. The monoisotopic (exact) mass is 163 g/mol. The molecule has 0 bridgehead atoms. The minimum atomic E-state index is 0.429. The Morgan fingerprint density at radius 1 is 1.33 bits per heavy atom. The summed E-state index contributed by atoms with van der Waals surface area (Å²) in [5.74, 6) is 1.02. The second-order valence-corrected chi connectivity index (χ2v) is 3.44. The second kappa shape index (κ2) is 3.13. The highest BCUT2D eigenvalue weighted by Crippen LogP contribution is 2.29. The quantitative estimate of drug-likeness (QED) is 0.676. The average molecular weight is 163 g/mol. The van der Waals surface area contributed by atoms with Gasteiger partial charge in [0.25, 0.3) is 0 Å². The van der Waals surface area contributed by atoms with E-state index < -0.39 is 0 Å². The molecule has 0 saturated heterocycles. The smallest absolute Gasteiger partial charge is 0.132 e. The fourth-order valence-electron chi connectivity index (χ4n) is 1.85. The third-order valence-corrected chi connectivity index (χ3v) is 2.61. The zero-order valence-electron chi connectivity index (χ0n) is 7.05. The van der Waals surface area contributed by atoms with Crippen molar-refractivity contribution < 1.29 is 4.79 Å². The molecule has 2 heteroatoms. The first-order chi connectivity index (χ1) is 5.86. The number of carbonyl (C=O) groups excluding carboxylic acids is 1. The van der Waals surface area contributed by atoms with E-state index in [0.717, 1.165) is 25.7 Å². The van der Waals surface area contributed by atoms with Crippen LogP contribution in [0.5, 0.6) is 0 Å². The number of ketones is 1. The Morgan fingerprint density at radius 2 is 2.08 bits per heavy atom. The van der Waals surface area contributed by atoms with Crippen molar-refractivity contribution in [3.05, 3.63) is 24.0 Å². The summed E-state index contributed by atoms with van der Waals surface area (Å²) in [4.78, 5) is 14.2. The van der Waals surface area contributed by atoms with Gasteiger partial charge in [-0.25, -0.2) is 0 Å². The Bertz CT molecular complexity index is 253. The number of nitrogens with one attached hydrogen (secondary N) is 1. The summed E-state index contributed by atoms with van der Waals surface area (Å²) >= 11 is 0. The van der Waals surface area contributed by atoms with Gasteiger partial charge in [0, 0.05) is 24.7 Å². The van der Waals surface area contributed by atoms with Crippen LogP contribution in [0.15, 0.2) is 18.3 Å². The van der Waals surface area contributed by atoms with Crippen molar-refractivity contribution in [2.24, 2.45) is 0 Å². The van der Waals surface area contributed by atoms with Crippen molar-refractivity contribution in [3.8, 4) is 0 Å². The molecule has 0 radical (unpaired) electrons. The van der Waals surface area contributed by atoms with Gasteiger partial charge < -0.3 is 4.98 Å². The maximum absolute atomic E-state index is 11.0. The van der Waals surface area contributed by atoms with Crippen LogP contribution < -0.4 is 0 Å². The lowest BCUT2D eigenvalue weighted by Crippen LogP contribution is -2.12. The van der Waals surface area contributed by atoms with Gasteiger partial charge in [-0.15, -0.1) is 0 Å². The molecule has 64 valence electrons. The van der Waals surface area contributed by atoms with Crippen LogP contribution in [0.4, 0.5) is 0 Å². The van der Waals surface area contributed by atoms with Gasteiger partial charge in [0.1, 0.15) is 5.78 Å². The third kappa shape index (κ3) is 1.42. The highest BCUT2D eigenvalue weighted by Gasteiger charge is 2.20. The Labute approximate surface area is 72.0 Å². The molecule has 1 saturated carbocycles. The van der Waals surface area contributed by atoms with E-state index in [2.05, 4.69) is 11.1 Å². The summed E-state index contributed by atoms with van der Waals surface area (Å²) in [7, 11) is 0. The van der Waals surface area contributed by atoms with Crippen LogP contribution in [0.3, 0.4) is 0 Å². The van der Waals surface area contributed by atoms with Crippen LogP contribution >= 0.6 is 0 Å².